The highest BCUT2D eigenvalue weighted by Crippen LogP contribution is 2.10. The molecular weight excluding hydrogens is 204 g/mol. The second-order valence-electron chi connectivity index (χ2n) is 2.34. The van der Waals surface area contributed by atoms with Crippen LogP contribution in [0, 0.1) is 0 Å². The first-order chi connectivity index (χ1) is 6.76. The van der Waals surface area contributed by atoms with Crippen molar-refractivity contribution in [2.75, 3.05) is 19.0 Å². The van der Waals surface area contributed by atoms with Gasteiger partial charge in [-0.3, -0.25) is 0 Å². The molecule has 1 rings (SSSR count). The Morgan fingerprint density at radius 1 is 1.43 bits per heavy atom. The van der Waals surface area contributed by atoms with Crippen LogP contribution in [0.1, 0.15) is 6.92 Å². The van der Waals surface area contributed by atoms with Crippen LogP contribution in [0.25, 0.3) is 0 Å². The highest BCUT2D eigenvalue weighted by molar-refractivity contribution is 6.28. The van der Waals surface area contributed by atoms with Crippen molar-refractivity contribution in [3.8, 4) is 6.01 Å². The minimum Gasteiger partial charge on any atom is -0.459 e. The molecule has 5 nitrogen and oxygen atoms in total. The lowest BCUT2D eigenvalue weighted by molar-refractivity contribution is 0.332. The molecule has 0 saturated heterocycles. The lowest BCUT2D eigenvalue weighted by Gasteiger charge is -2.03. The Labute approximate surface area is 87.2 Å². The van der Waals surface area contributed by atoms with Crippen molar-refractivity contribution >= 4 is 17.5 Å². The molecule has 1 aromatic rings. The second-order valence-corrected chi connectivity index (χ2v) is 2.68. The maximum atomic E-state index is 5.64. The number of nitrogens with one attached hydrogen (secondary N) is 1. The van der Waals surface area contributed by atoms with Gasteiger partial charge in [0.1, 0.15) is 6.61 Å². The third kappa shape index (κ3) is 3.18. The Balaban J connectivity index is 2.71. The van der Waals surface area contributed by atoms with E-state index in [-0.39, 0.29) is 11.3 Å². The van der Waals surface area contributed by atoms with Gasteiger partial charge < -0.3 is 10.1 Å². The summed E-state index contributed by atoms with van der Waals surface area (Å²) in [6, 6.07) is 0.215. The van der Waals surface area contributed by atoms with Crippen molar-refractivity contribution in [2.45, 2.75) is 6.92 Å². The molecule has 0 aliphatic rings. The van der Waals surface area contributed by atoms with Crippen LogP contribution < -0.4 is 10.1 Å². The summed E-state index contributed by atoms with van der Waals surface area (Å²) in [7, 11) is 1.70. The number of hydrogen-bond donors (Lipinski definition) is 1. The highest BCUT2D eigenvalue weighted by atomic mass is 35.5. The molecule has 0 aromatic carbocycles. The van der Waals surface area contributed by atoms with Crippen molar-refractivity contribution in [3.05, 3.63) is 17.4 Å². The Morgan fingerprint density at radius 2 is 2.21 bits per heavy atom. The largest absolute Gasteiger partial charge is 0.459 e. The molecule has 1 N–H and O–H groups in total. The molecule has 76 valence electrons. The molecule has 0 spiro atoms. The number of hydrogen-bond acceptors (Lipinski definition) is 5. The molecule has 1 heterocycles. The van der Waals surface area contributed by atoms with Crippen LogP contribution >= 0.6 is 11.6 Å². The molecule has 14 heavy (non-hydrogen) atoms. The van der Waals surface area contributed by atoms with Crippen LogP contribution in [0.4, 0.5) is 5.95 Å². The molecular formula is C8H11ClN4O. The van der Waals surface area contributed by atoms with Crippen molar-refractivity contribution in [3.63, 3.8) is 0 Å². The fourth-order valence-corrected chi connectivity index (χ4v) is 0.879. The van der Waals surface area contributed by atoms with Gasteiger partial charge >= 0.3 is 6.01 Å². The fraction of sp³-hybridized carbons (Fsp3) is 0.375. The molecule has 0 radical (unpaired) electrons. The van der Waals surface area contributed by atoms with E-state index in [1.807, 2.05) is 19.1 Å². The van der Waals surface area contributed by atoms with E-state index in [1.54, 1.807) is 7.05 Å². The molecule has 1 aromatic heterocycles. The van der Waals surface area contributed by atoms with E-state index in [1.165, 1.54) is 0 Å². The van der Waals surface area contributed by atoms with E-state index < -0.39 is 0 Å². The van der Waals surface area contributed by atoms with Crippen LogP contribution in [0.15, 0.2) is 12.2 Å². The summed E-state index contributed by atoms with van der Waals surface area (Å²) in [5.41, 5.74) is 0. The monoisotopic (exact) mass is 214 g/mol. The molecule has 0 amide bonds. The Kier molecular flexibility index (Phi) is 4.12. The number of ether oxygens (including phenoxy) is 1. The van der Waals surface area contributed by atoms with Crippen molar-refractivity contribution in [1.82, 2.24) is 15.0 Å². The number of halogens is 1. The van der Waals surface area contributed by atoms with Gasteiger partial charge in [0.15, 0.2) is 0 Å². The van der Waals surface area contributed by atoms with Gasteiger partial charge in [0.05, 0.1) is 0 Å². The van der Waals surface area contributed by atoms with Crippen molar-refractivity contribution in [1.29, 1.82) is 0 Å². The molecule has 0 fully saturated rings. The highest BCUT2D eigenvalue weighted by Gasteiger charge is 2.03. The van der Waals surface area contributed by atoms with Crippen molar-refractivity contribution in [2.24, 2.45) is 0 Å². The number of allylic oxidation sites excluding steroid dienone is 1. The van der Waals surface area contributed by atoms with Gasteiger partial charge in [-0.25, -0.2) is 0 Å². The zero-order chi connectivity index (χ0) is 10.4. The number of aromatic nitrogens is 3. The Morgan fingerprint density at radius 3 is 2.86 bits per heavy atom. The zero-order valence-corrected chi connectivity index (χ0v) is 8.75. The van der Waals surface area contributed by atoms with Crippen LogP contribution in [0.3, 0.4) is 0 Å². The molecule has 0 unspecified atom stereocenters. The number of rotatable bonds is 4. The third-order valence-electron chi connectivity index (χ3n) is 1.36. The first-order valence-electron chi connectivity index (χ1n) is 4.09. The predicted molar refractivity (Wildman–Crippen MR) is 54.7 cm³/mol. The normalized spacial score (nSPS) is 10.5. The smallest absolute Gasteiger partial charge is 0.322 e. The summed E-state index contributed by atoms with van der Waals surface area (Å²) in [6.07, 6.45) is 3.72. The van der Waals surface area contributed by atoms with Crippen LogP contribution in [0.5, 0.6) is 6.01 Å². The molecule has 0 aliphatic carbocycles. The average molecular weight is 215 g/mol. The SMILES string of the molecule is C/C=C/COc1nc(Cl)nc(NC)n1. The maximum Gasteiger partial charge on any atom is 0.322 e. The van der Waals surface area contributed by atoms with E-state index >= 15 is 0 Å². The molecule has 0 aliphatic heterocycles. The second kappa shape index (κ2) is 5.39. The van der Waals surface area contributed by atoms with Crippen molar-refractivity contribution < 1.29 is 4.74 Å². The number of nitrogens with zero attached hydrogens (tertiary/aromatic N) is 3. The van der Waals surface area contributed by atoms with Gasteiger partial charge in [-0.1, -0.05) is 12.2 Å². The minimum atomic E-state index is 0.111. The first kappa shape index (κ1) is 10.7. The lowest BCUT2D eigenvalue weighted by atomic mass is 10.6. The molecule has 0 bridgehead atoms. The van der Waals surface area contributed by atoms with Gasteiger partial charge in [0.2, 0.25) is 11.2 Å². The quantitative estimate of drug-likeness (QED) is 0.771. The zero-order valence-electron chi connectivity index (χ0n) is 7.99. The summed E-state index contributed by atoms with van der Waals surface area (Å²) in [6.45, 7) is 2.32. The van der Waals surface area contributed by atoms with E-state index in [0.717, 1.165) is 0 Å². The summed E-state index contributed by atoms with van der Waals surface area (Å²) < 4.78 is 5.20. The van der Waals surface area contributed by atoms with E-state index in [0.29, 0.717) is 12.6 Å². The van der Waals surface area contributed by atoms with Crippen LogP contribution in [0.2, 0.25) is 5.28 Å². The van der Waals surface area contributed by atoms with Gasteiger partial charge in [-0.15, -0.1) is 0 Å². The predicted octanol–water partition coefficient (Wildman–Crippen LogP) is 1.52. The van der Waals surface area contributed by atoms with E-state index in [9.17, 15) is 0 Å². The summed E-state index contributed by atoms with van der Waals surface area (Å²) in [5.74, 6) is 0.389. The first-order valence-corrected chi connectivity index (χ1v) is 4.47. The van der Waals surface area contributed by atoms with E-state index in [2.05, 4.69) is 20.3 Å². The van der Waals surface area contributed by atoms with Gasteiger partial charge in [-0.2, -0.15) is 15.0 Å². The lowest BCUT2D eigenvalue weighted by Crippen LogP contribution is -2.03. The topological polar surface area (TPSA) is 59.9 Å². The van der Waals surface area contributed by atoms with Gasteiger partial charge in [-0.05, 0) is 18.5 Å². The molecule has 0 saturated carbocycles. The summed E-state index contributed by atoms with van der Waals surface area (Å²) >= 11 is 5.64. The van der Waals surface area contributed by atoms with Gasteiger partial charge in [0.25, 0.3) is 0 Å². The minimum absolute atomic E-state index is 0.111. The average Bonchev–Trinajstić information content (AvgIpc) is 2.17. The van der Waals surface area contributed by atoms with E-state index in [4.69, 9.17) is 16.3 Å². The summed E-state index contributed by atoms with van der Waals surface area (Å²) in [4.78, 5) is 11.6. The fourth-order valence-electron chi connectivity index (χ4n) is 0.727. The maximum absolute atomic E-state index is 5.64. The summed E-state index contributed by atoms with van der Waals surface area (Å²) in [5, 5.41) is 2.86. The van der Waals surface area contributed by atoms with Crippen LogP contribution in [-0.4, -0.2) is 28.6 Å². The molecule has 0 atom stereocenters. The Bertz CT molecular complexity index is 329. The van der Waals surface area contributed by atoms with Crippen LogP contribution in [-0.2, 0) is 0 Å². The standard InChI is InChI=1S/C8H11ClN4O/c1-3-4-5-14-8-12-6(9)11-7(10-2)13-8/h3-4H,5H2,1-2H3,(H,10,11,12,13)/b4-3+. The molecule has 6 heteroatoms. The number of anilines is 1. The third-order valence-corrected chi connectivity index (χ3v) is 1.52. The Hall–Kier alpha value is -1.36. The van der Waals surface area contributed by atoms with Gasteiger partial charge in [0, 0.05) is 7.05 Å².